The third-order valence-electron chi connectivity index (χ3n) is 3.05. The number of hydrogen-bond acceptors (Lipinski definition) is 5. The first-order valence-corrected chi connectivity index (χ1v) is 9.23. The predicted octanol–water partition coefficient (Wildman–Crippen LogP) is 4.88. The van der Waals surface area contributed by atoms with Crippen LogP contribution in [0.3, 0.4) is 0 Å². The molecule has 1 amide bonds. The van der Waals surface area contributed by atoms with Crippen molar-refractivity contribution in [3.8, 4) is 16.0 Å². The van der Waals surface area contributed by atoms with E-state index in [4.69, 9.17) is 5.26 Å². The normalized spacial score (nSPS) is 10.4. The molecule has 0 radical (unpaired) electrons. The molecule has 0 aliphatic heterocycles. The number of rotatable bonds is 4. The summed E-state index contributed by atoms with van der Waals surface area (Å²) in [4.78, 5) is 16.4. The van der Waals surface area contributed by atoms with Crippen molar-refractivity contribution in [1.82, 2.24) is 4.98 Å². The highest BCUT2D eigenvalue weighted by molar-refractivity contribution is 9.10. The van der Waals surface area contributed by atoms with E-state index in [9.17, 15) is 4.79 Å². The van der Waals surface area contributed by atoms with Crippen molar-refractivity contribution in [3.63, 3.8) is 0 Å². The number of hydrogen-bond donors (Lipinski definition) is 1. The van der Waals surface area contributed by atoms with E-state index >= 15 is 0 Å². The van der Waals surface area contributed by atoms with E-state index in [2.05, 4.69) is 26.2 Å². The molecule has 3 rings (SSSR count). The summed E-state index contributed by atoms with van der Waals surface area (Å²) in [6, 6.07) is 13.7. The zero-order valence-corrected chi connectivity index (χ0v) is 15.0. The summed E-state index contributed by atoms with van der Waals surface area (Å²) in [7, 11) is 0. The molecule has 0 saturated carbocycles. The highest BCUT2D eigenvalue weighted by Crippen LogP contribution is 2.33. The van der Waals surface area contributed by atoms with Crippen LogP contribution in [0.2, 0.25) is 0 Å². The van der Waals surface area contributed by atoms with Gasteiger partial charge in [0.05, 0.1) is 21.7 Å². The van der Waals surface area contributed by atoms with Crippen molar-refractivity contribution in [2.45, 2.75) is 0 Å². The summed E-state index contributed by atoms with van der Waals surface area (Å²) in [5.74, 6) is -0.104. The maximum absolute atomic E-state index is 11.8. The van der Waals surface area contributed by atoms with E-state index in [1.807, 2.05) is 47.9 Å². The fourth-order valence-electron chi connectivity index (χ4n) is 2.03. The van der Waals surface area contributed by atoms with Gasteiger partial charge in [0.2, 0.25) is 5.91 Å². The summed E-state index contributed by atoms with van der Waals surface area (Å²) >= 11 is 5.96. The lowest BCUT2D eigenvalue weighted by Gasteiger charge is -2.08. The second kappa shape index (κ2) is 7.13. The van der Waals surface area contributed by atoms with Gasteiger partial charge in [-0.3, -0.25) is 4.79 Å². The fourth-order valence-corrected chi connectivity index (χ4v) is 3.61. The van der Waals surface area contributed by atoms with Crippen LogP contribution in [0.1, 0.15) is 0 Å². The SMILES string of the molecule is N#CSCC(=O)Nc1cc(-c2nc3ccccc3s2)ccc1Br. The Hall–Kier alpha value is -1.88. The largest absolute Gasteiger partial charge is 0.324 e. The Kier molecular flexibility index (Phi) is 4.96. The van der Waals surface area contributed by atoms with Crippen molar-refractivity contribution in [2.75, 3.05) is 11.1 Å². The number of thiazole rings is 1. The first-order valence-electron chi connectivity index (χ1n) is 6.63. The summed E-state index contributed by atoms with van der Waals surface area (Å²) in [6.45, 7) is 0. The van der Waals surface area contributed by atoms with Gasteiger partial charge in [-0.15, -0.1) is 11.3 Å². The Balaban J connectivity index is 1.90. The lowest BCUT2D eigenvalue weighted by molar-refractivity contribution is -0.113. The van der Waals surface area contributed by atoms with Gasteiger partial charge < -0.3 is 5.32 Å². The maximum atomic E-state index is 11.8. The van der Waals surface area contributed by atoms with Crippen LogP contribution >= 0.6 is 39.0 Å². The van der Waals surface area contributed by atoms with Gasteiger partial charge in [0.1, 0.15) is 10.4 Å². The number of carbonyl (C=O) groups excluding carboxylic acids is 1. The summed E-state index contributed by atoms with van der Waals surface area (Å²) in [5, 5.41) is 14.1. The van der Waals surface area contributed by atoms with Gasteiger partial charge in [0, 0.05) is 10.0 Å². The van der Waals surface area contributed by atoms with Crippen molar-refractivity contribution >= 4 is 60.8 Å². The highest BCUT2D eigenvalue weighted by atomic mass is 79.9. The van der Waals surface area contributed by atoms with Gasteiger partial charge >= 0.3 is 0 Å². The average molecular weight is 404 g/mol. The van der Waals surface area contributed by atoms with Gasteiger partial charge in [-0.1, -0.05) is 18.2 Å². The zero-order valence-electron chi connectivity index (χ0n) is 11.7. The molecule has 3 aromatic rings. The molecule has 1 N–H and O–H groups in total. The standard InChI is InChI=1S/C16H10BrN3OS2/c17-11-6-5-10(7-13(11)19-15(21)8-22-9-18)16-20-12-3-1-2-4-14(12)23-16/h1-7H,8H2,(H,19,21). The molecule has 7 heteroatoms. The number of nitrogens with zero attached hydrogens (tertiary/aromatic N) is 2. The zero-order chi connectivity index (χ0) is 16.2. The maximum Gasteiger partial charge on any atom is 0.235 e. The topological polar surface area (TPSA) is 65.8 Å². The Bertz CT molecular complexity index is 884. The molecule has 0 unspecified atom stereocenters. The highest BCUT2D eigenvalue weighted by Gasteiger charge is 2.10. The Morgan fingerprint density at radius 2 is 2.17 bits per heavy atom. The number of thiocyanates is 1. The molecule has 0 saturated heterocycles. The molecule has 23 heavy (non-hydrogen) atoms. The van der Waals surface area contributed by atoms with Gasteiger partial charge in [0.15, 0.2) is 0 Å². The van der Waals surface area contributed by atoms with E-state index in [-0.39, 0.29) is 11.7 Å². The third-order valence-corrected chi connectivity index (χ3v) is 5.36. The number of para-hydroxylation sites is 1. The van der Waals surface area contributed by atoms with Gasteiger partial charge in [-0.05, 0) is 52.0 Å². The molecule has 1 aromatic heterocycles. The first kappa shape index (κ1) is 16.0. The number of carbonyl (C=O) groups is 1. The summed E-state index contributed by atoms with van der Waals surface area (Å²) in [6.07, 6.45) is 0. The molecule has 1 heterocycles. The first-order chi connectivity index (χ1) is 11.2. The molecule has 0 spiro atoms. The summed E-state index contributed by atoms with van der Waals surface area (Å²) < 4.78 is 1.92. The number of fused-ring (bicyclic) bond motifs is 1. The quantitative estimate of drug-likeness (QED) is 0.630. The molecular weight excluding hydrogens is 394 g/mol. The molecule has 4 nitrogen and oxygen atoms in total. The molecule has 0 aliphatic carbocycles. The number of nitriles is 1. The number of halogens is 1. The fraction of sp³-hybridized carbons (Fsp3) is 0.0625. The van der Waals surface area contributed by atoms with Crippen LogP contribution in [0.25, 0.3) is 20.8 Å². The molecule has 114 valence electrons. The van der Waals surface area contributed by atoms with Gasteiger partial charge in [-0.2, -0.15) is 5.26 Å². The molecule has 0 atom stereocenters. The number of aromatic nitrogens is 1. The van der Waals surface area contributed by atoms with E-state index in [1.165, 1.54) is 0 Å². The van der Waals surface area contributed by atoms with Crippen molar-refractivity contribution in [1.29, 1.82) is 5.26 Å². The van der Waals surface area contributed by atoms with Crippen LogP contribution in [0.4, 0.5) is 5.69 Å². The minimum atomic E-state index is -0.210. The van der Waals surface area contributed by atoms with Crippen LogP contribution in [-0.2, 0) is 4.79 Å². The smallest absolute Gasteiger partial charge is 0.235 e. The lowest BCUT2D eigenvalue weighted by atomic mass is 10.2. The molecular formula is C16H10BrN3OS2. The van der Waals surface area contributed by atoms with Crippen LogP contribution in [-0.4, -0.2) is 16.6 Å². The monoisotopic (exact) mass is 403 g/mol. The Morgan fingerprint density at radius 3 is 2.96 bits per heavy atom. The number of thioether (sulfide) groups is 1. The molecule has 2 aromatic carbocycles. The molecule has 0 fully saturated rings. The molecule has 0 bridgehead atoms. The average Bonchev–Trinajstić information content (AvgIpc) is 2.99. The number of benzene rings is 2. The lowest BCUT2D eigenvalue weighted by Crippen LogP contribution is -2.14. The van der Waals surface area contributed by atoms with Crippen molar-refractivity contribution in [3.05, 3.63) is 46.9 Å². The number of nitrogens with one attached hydrogen (secondary N) is 1. The van der Waals surface area contributed by atoms with Crippen LogP contribution < -0.4 is 5.32 Å². The third kappa shape index (κ3) is 3.72. The Labute approximate surface area is 149 Å². The van der Waals surface area contributed by atoms with Crippen LogP contribution in [0, 0.1) is 10.7 Å². The molecule has 0 aliphatic rings. The van der Waals surface area contributed by atoms with E-state index < -0.39 is 0 Å². The van der Waals surface area contributed by atoms with Crippen molar-refractivity contribution < 1.29 is 4.79 Å². The van der Waals surface area contributed by atoms with Gasteiger partial charge in [0.25, 0.3) is 0 Å². The van der Waals surface area contributed by atoms with E-state index in [0.717, 1.165) is 37.0 Å². The van der Waals surface area contributed by atoms with Gasteiger partial charge in [-0.25, -0.2) is 4.98 Å². The van der Waals surface area contributed by atoms with Crippen LogP contribution in [0.15, 0.2) is 46.9 Å². The van der Waals surface area contributed by atoms with Crippen molar-refractivity contribution in [2.24, 2.45) is 0 Å². The second-order valence-corrected chi connectivity index (χ2v) is 7.25. The number of anilines is 1. The van der Waals surface area contributed by atoms with E-state index in [1.54, 1.807) is 11.3 Å². The summed E-state index contributed by atoms with van der Waals surface area (Å²) in [5.41, 5.74) is 2.58. The minimum absolute atomic E-state index is 0.105. The minimum Gasteiger partial charge on any atom is -0.324 e. The van der Waals surface area contributed by atoms with Crippen LogP contribution in [0.5, 0.6) is 0 Å². The van der Waals surface area contributed by atoms with E-state index in [0.29, 0.717) is 5.69 Å². The second-order valence-electron chi connectivity index (χ2n) is 4.61. The predicted molar refractivity (Wildman–Crippen MR) is 99.5 cm³/mol. The Morgan fingerprint density at radius 1 is 1.35 bits per heavy atom. The number of amides is 1.